The van der Waals surface area contributed by atoms with Crippen molar-refractivity contribution in [2.75, 3.05) is 17.7 Å². The molecule has 1 N–H and O–H groups in total. The summed E-state index contributed by atoms with van der Waals surface area (Å²) < 4.78 is 39.0. The summed E-state index contributed by atoms with van der Waals surface area (Å²) in [6.07, 6.45) is 1.38. The molecule has 9 nitrogen and oxygen atoms in total. The van der Waals surface area contributed by atoms with Crippen molar-refractivity contribution < 1.29 is 22.7 Å². The number of rotatable bonds is 10. The number of carbonyl (C=O) groups is 1. The molecular formula is C23H21ClN4O5S2. The summed E-state index contributed by atoms with van der Waals surface area (Å²) in [6.45, 7) is 3.90. The molecule has 182 valence electrons. The highest BCUT2D eigenvalue weighted by molar-refractivity contribution is 7.91. The van der Waals surface area contributed by atoms with Crippen LogP contribution in [0.4, 0.5) is 5.13 Å². The van der Waals surface area contributed by atoms with Crippen LogP contribution in [0.3, 0.4) is 0 Å². The average molecular weight is 533 g/mol. The Kier molecular flexibility index (Phi) is 8.81. The number of anilines is 1. The highest BCUT2D eigenvalue weighted by Crippen LogP contribution is 2.31. The fourth-order valence-electron chi connectivity index (χ4n) is 2.77. The maximum Gasteiger partial charge on any atom is 0.268 e. The van der Waals surface area contributed by atoms with Gasteiger partial charge in [-0.05, 0) is 36.8 Å². The van der Waals surface area contributed by atoms with Crippen LogP contribution in [0.25, 0.3) is 6.08 Å². The minimum absolute atomic E-state index is 0.0264. The quantitative estimate of drug-likeness (QED) is 0.298. The van der Waals surface area contributed by atoms with Crippen molar-refractivity contribution in [3.05, 3.63) is 64.2 Å². The summed E-state index contributed by atoms with van der Waals surface area (Å²) in [6, 6.07) is 14.2. The molecule has 1 heterocycles. The van der Waals surface area contributed by atoms with Crippen molar-refractivity contribution in [2.45, 2.75) is 25.6 Å². The molecule has 0 radical (unpaired) electrons. The highest BCUT2D eigenvalue weighted by atomic mass is 35.5. The maximum absolute atomic E-state index is 12.6. The maximum atomic E-state index is 12.6. The van der Waals surface area contributed by atoms with Gasteiger partial charge < -0.3 is 9.47 Å². The molecular weight excluding hydrogens is 512 g/mol. The fourth-order valence-corrected chi connectivity index (χ4v) is 4.54. The largest absolute Gasteiger partial charge is 0.490 e. The summed E-state index contributed by atoms with van der Waals surface area (Å²) in [7, 11) is -3.60. The van der Waals surface area contributed by atoms with Gasteiger partial charge in [0.1, 0.15) is 18.2 Å². The first-order valence-electron chi connectivity index (χ1n) is 10.4. The zero-order valence-corrected chi connectivity index (χ0v) is 21.2. The van der Waals surface area contributed by atoms with Gasteiger partial charge in [0.05, 0.1) is 12.4 Å². The molecule has 0 saturated carbocycles. The lowest BCUT2D eigenvalue weighted by Gasteiger charge is -2.13. The molecule has 12 heteroatoms. The third kappa shape index (κ3) is 6.79. The lowest BCUT2D eigenvalue weighted by atomic mass is 10.1. The number of aromatic nitrogens is 2. The van der Waals surface area contributed by atoms with Crippen molar-refractivity contribution in [1.82, 2.24) is 9.36 Å². The number of ether oxygens (including phenoxy) is 2. The fraction of sp³-hybridized carbons (Fsp3) is 0.217. The number of hydrogen-bond donors (Lipinski definition) is 1. The molecule has 0 atom stereocenters. The van der Waals surface area contributed by atoms with E-state index in [1.54, 1.807) is 24.3 Å². The standard InChI is InChI=1S/C23H21ClN4O5S2/c1-3-32-20-12-15(9-10-19(20)33-14-16-7-5-6-8-18(16)24)11-17(13-25)21(29)26-22-27-23(28-34-22)35(30,31)4-2/h5-12H,3-4,14H2,1-2H3,(H,26,27,28,29)/b17-11-. The van der Waals surface area contributed by atoms with Crippen molar-refractivity contribution in [1.29, 1.82) is 5.26 Å². The Labute approximate surface area is 212 Å². The van der Waals surface area contributed by atoms with Gasteiger partial charge in [-0.25, -0.2) is 8.42 Å². The number of benzene rings is 2. The van der Waals surface area contributed by atoms with E-state index in [1.165, 1.54) is 13.0 Å². The Hall–Kier alpha value is -3.46. The van der Waals surface area contributed by atoms with Crippen LogP contribution in [0.15, 0.2) is 53.2 Å². The van der Waals surface area contributed by atoms with Gasteiger partial charge in [0.2, 0.25) is 15.0 Å². The molecule has 0 spiro atoms. The molecule has 1 amide bonds. The predicted octanol–water partition coefficient (Wildman–Crippen LogP) is 4.51. The second kappa shape index (κ2) is 11.8. The number of halogens is 1. The number of sulfone groups is 1. The Morgan fingerprint density at radius 1 is 1.20 bits per heavy atom. The molecule has 0 unspecified atom stereocenters. The molecule has 2 aromatic carbocycles. The van der Waals surface area contributed by atoms with Crippen LogP contribution in [0.1, 0.15) is 25.0 Å². The minimum Gasteiger partial charge on any atom is -0.490 e. The first-order valence-corrected chi connectivity index (χ1v) is 13.2. The van der Waals surface area contributed by atoms with E-state index in [1.807, 2.05) is 31.2 Å². The van der Waals surface area contributed by atoms with Gasteiger partial charge in [-0.2, -0.15) is 14.6 Å². The van der Waals surface area contributed by atoms with Gasteiger partial charge in [0.25, 0.3) is 11.1 Å². The van der Waals surface area contributed by atoms with E-state index >= 15 is 0 Å². The number of nitriles is 1. The van der Waals surface area contributed by atoms with E-state index in [9.17, 15) is 18.5 Å². The monoisotopic (exact) mass is 532 g/mol. The number of nitrogens with zero attached hydrogens (tertiary/aromatic N) is 3. The van der Waals surface area contributed by atoms with Gasteiger partial charge >= 0.3 is 0 Å². The lowest BCUT2D eigenvalue weighted by molar-refractivity contribution is -0.112. The van der Waals surface area contributed by atoms with Crippen LogP contribution in [-0.4, -0.2) is 36.0 Å². The van der Waals surface area contributed by atoms with E-state index < -0.39 is 15.7 Å². The Bertz CT molecular complexity index is 1400. The minimum atomic E-state index is -3.60. The van der Waals surface area contributed by atoms with Gasteiger partial charge in [-0.15, -0.1) is 0 Å². The summed E-state index contributed by atoms with van der Waals surface area (Å²) >= 11 is 6.90. The highest BCUT2D eigenvalue weighted by Gasteiger charge is 2.20. The van der Waals surface area contributed by atoms with E-state index in [0.29, 0.717) is 40.2 Å². The third-order valence-electron chi connectivity index (χ3n) is 4.57. The molecule has 0 bridgehead atoms. The van der Waals surface area contributed by atoms with Crippen molar-refractivity contribution in [3.8, 4) is 17.6 Å². The van der Waals surface area contributed by atoms with Gasteiger partial charge in [-0.3, -0.25) is 10.1 Å². The summed E-state index contributed by atoms with van der Waals surface area (Å²) in [4.78, 5) is 16.4. The summed E-state index contributed by atoms with van der Waals surface area (Å²) in [5, 5.41) is 12.1. The van der Waals surface area contributed by atoms with Crippen LogP contribution >= 0.6 is 23.1 Å². The van der Waals surface area contributed by atoms with Crippen molar-refractivity contribution in [2.24, 2.45) is 0 Å². The van der Waals surface area contributed by atoms with Gasteiger partial charge in [-0.1, -0.05) is 42.8 Å². The van der Waals surface area contributed by atoms with Crippen LogP contribution in [-0.2, 0) is 21.2 Å². The van der Waals surface area contributed by atoms with Crippen LogP contribution in [0, 0.1) is 11.3 Å². The van der Waals surface area contributed by atoms with Crippen LogP contribution < -0.4 is 14.8 Å². The average Bonchev–Trinajstić information content (AvgIpc) is 3.32. The first kappa shape index (κ1) is 26.2. The number of amides is 1. The zero-order chi connectivity index (χ0) is 25.4. The molecule has 0 aliphatic rings. The second-order valence-electron chi connectivity index (χ2n) is 6.93. The van der Waals surface area contributed by atoms with E-state index in [4.69, 9.17) is 21.1 Å². The van der Waals surface area contributed by atoms with Gasteiger partial charge in [0.15, 0.2) is 11.5 Å². The zero-order valence-electron chi connectivity index (χ0n) is 18.8. The van der Waals surface area contributed by atoms with Gasteiger partial charge in [0, 0.05) is 22.1 Å². The van der Waals surface area contributed by atoms with Crippen LogP contribution in [0.2, 0.25) is 5.02 Å². The predicted molar refractivity (Wildman–Crippen MR) is 133 cm³/mol. The Morgan fingerprint density at radius 3 is 2.66 bits per heavy atom. The number of nitrogens with one attached hydrogen (secondary N) is 1. The molecule has 35 heavy (non-hydrogen) atoms. The molecule has 0 fully saturated rings. The SMILES string of the molecule is CCOc1cc(/C=C(/C#N)C(=O)Nc2nc(S(=O)(=O)CC)ns2)ccc1OCc1ccccc1Cl. The van der Waals surface area contributed by atoms with Crippen molar-refractivity contribution in [3.63, 3.8) is 0 Å². The molecule has 3 aromatic rings. The topological polar surface area (TPSA) is 131 Å². The van der Waals surface area contributed by atoms with E-state index in [0.717, 1.165) is 5.56 Å². The molecule has 0 aliphatic heterocycles. The van der Waals surface area contributed by atoms with E-state index in [-0.39, 0.29) is 28.2 Å². The summed E-state index contributed by atoms with van der Waals surface area (Å²) in [5.74, 6) is -0.00294. The molecule has 3 rings (SSSR count). The first-order chi connectivity index (χ1) is 16.8. The summed E-state index contributed by atoms with van der Waals surface area (Å²) in [5.41, 5.74) is 1.12. The Morgan fingerprint density at radius 2 is 1.97 bits per heavy atom. The number of hydrogen-bond acceptors (Lipinski definition) is 9. The molecule has 0 saturated heterocycles. The molecule has 0 aliphatic carbocycles. The van der Waals surface area contributed by atoms with Crippen LogP contribution in [0.5, 0.6) is 11.5 Å². The Balaban J connectivity index is 1.78. The third-order valence-corrected chi connectivity index (χ3v) is 7.18. The van der Waals surface area contributed by atoms with E-state index in [2.05, 4.69) is 14.7 Å². The normalized spacial score (nSPS) is 11.5. The lowest BCUT2D eigenvalue weighted by Crippen LogP contribution is -2.13. The smallest absolute Gasteiger partial charge is 0.268 e. The number of carbonyl (C=O) groups excluding carboxylic acids is 1. The molecule has 1 aromatic heterocycles. The van der Waals surface area contributed by atoms with Crippen molar-refractivity contribution >= 4 is 50.1 Å². The second-order valence-corrected chi connectivity index (χ2v) is 10.3.